The molecule has 0 N–H and O–H groups in total. The number of hydrogen-bond donors (Lipinski definition) is 0. The second-order valence-corrected chi connectivity index (χ2v) is 8.11. The number of carbonyl (C=O) groups is 1. The monoisotopic (exact) mass is 399 g/mol. The third-order valence-corrected chi connectivity index (χ3v) is 6.08. The zero-order chi connectivity index (χ0) is 19.8. The maximum atomic E-state index is 12.5. The number of carbonyl (C=O) groups excluding carboxylic acids is 1. The fourth-order valence-electron chi connectivity index (χ4n) is 3.50. The van der Waals surface area contributed by atoms with Crippen LogP contribution in [0.2, 0.25) is 0 Å². The van der Waals surface area contributed by atoms with Gasteiger partial charge in [0.15, 0.2) is 11.4 Å². The van der Waals surface area contributed by atoms with Crippen molar-refractivity contribution < 1.29 is 4.79 Å². The lowest BCUT2D eigenvalue weighted by atomic mass is 10.1. The van der Waals surface area contributed by atoms with E-state index in [-0.39, 0.29) is 11.7 Å². The highest BCUT2D eigenvalue weighted by Gasteiger charge is 2.30. The molecule has 0 radical (unpaired) electrons. The fraction of sp³-hybridized carbons (Fsp3) is 0.227. The molecule has 1 aliphatic rings. The van der Waals surface area contributed by atoms with Gasteiger partial charge < -0.3 is 4.57 Å². The molecule has 0 spiro atoms. The maximum absolute atomic E-state index is 12.5. The summed E-state index contributed by atoms with van der Waals surface area (Å²) in [5.74, 6) is 1.03. The van der Waals surface area contributed by atoms with Crippen LogP contribution < -0.4 is 0 Å². The van der Waals surface area contributed by atoms with Crippen LogP contribution in [-0.2, 0) is 17.1 Å². The number of hydrogen-bond acceptors (Lipinski definition) is 6. The third-order valence-electron chi connectivity index (χ3n) is 5.20. The van der Waals surface area contributed by atoms with E-state index < -0.39 is 0 Å². The summed E-state index contributed by atoms with van der Waals surface area (Å²) in [6, 6.07) is 17.6. The highest BCUT2D eigenvalue weighted by Crippen LogP contribution is 2.33. The minimum atomic E-state index is 0.192. The number of benzene rings is 2. The van der Waals surface area contributed by atoms with Gasteiger partial charge >= 0.3 is 0 Å². The molecule has 0 aliphatic heterocycles. The smallest absolute Gasteiger partial charge is 0.211 e. The summed E-state index contributed by atoms with van der Waals surface area (Å²) >= 11 is 1.44. The third kappa shape index (κ3) is 3.36. The van der Waals surface area contributed by atoms with E-state index in [0.717, 1.165) is 29.3 Å². The van der Waals surface area contributed by atoms with E-state index in [4.69, 9.17) is 4.98 Å². The standard InChI is InChI=1S/C22H17N5OS/c23-11-15-5-1-2-6-16(15)13-29-22-24-21-20(25-26-22)17-7-3-4-8-18(17)27(21)12-19(28)14-9-10-14/h1-8,14H,9-10,12-13H2. The van der Waals surface area contributed by atoms with Crippen LogP contribution in [0.4, 0.5) is 0 Å². The van der Waals surface area contributed by atoms with Gasteiger partial charge in [0.1, 0.15) is 5.52 Å². The first-order valence-electron chi connectivity index (χ1n) is 9.50. The molecule has 0 unspecified atom stereocenters. The zero-order valence-corrected chi connectivity index (χ0v) is 16.4. The number of fused-ring (bicyclic) bond motifs is 3. The number of aromatic nitrogens is 4. The molecule has 0 amide bonds. The quantitative estimate of drug-likeness (QED) is 0.453. The number of ketones is 1. The van der Waals surface area contributed by atoms with E-state index in [1.165, 1.54) is 11.8 Å². The molecule has 6 nitrogen and oxygen atoms in total. The molecule has 5 rings (SSSR count). The largest absolute Gasteiger partial charge is 0.316 e. The van der Waals surface area contributed by atoms with Gasteiger partial charge in [-0.05, 0) is 30.5 Å². The lowest BCUT2D eigenvalue weighted by molar-refractivity contribution is -0.120. The highest BCUT2D eigenvalue weighted by atomic mass is 32.2. The number of para-hydroxylation sites is 1. The van der Waals surface area contributed by atoms with Crippen LogP contribution in [0, 0.1) is 17.2 Å². The van der Waals surface area contributed by atoms with Gasteiger partial charge in [0, 0.05) is 17.1 Å². The van der Waals surface area contributed by atoms with Crippen molar-refractivity contribution in [1.82, 2.24) is 19.7 Å². The lowest BCUT2D eigenvalue weighted by Crippen LogP contribution is -2.12. The minimum absolute atomic E-state index is 0.192. The molecule has 1 fully saturated rings. The van der Waals surface area contributed by atoms with Crippen LogP contribution in [0.25, 0.3) is 22.1 Å². The van der Waals surface area contributed by atoms with Crippen molar-refractivity contribution in [1.29, 1.82) is 5.26 Å². The van der Waals surface area contributed by atoms with Crippen molar-refractivity contribution in [3.05, 3.63) is 59.7 Å². The van der Waals surface area contributed by atoms with Crippen molar-refractivity contribution in [3.8, 4) is 6.07 Å². The van der Waals surface area contributed by atoms with Crippen molar-refractivity contribution in [3.63, 3.8) is 0 Å². The molecule has 1 saturated carbocycles. The van der Waals surface area contributed by atoms with E-state index >= 15 is 0 Å². The predicted octanol–water partition coefficient (Wildman–Crippen LogP) is 4.12. The van der Waals surface area contributed by atoms with Crippen LogP contribution in [0.3, 0.4) is 0 Å². The first-order valence-corrected chi connectivity index (χ1v) is 10.5. The Kier molecular flexibility index (Phi) is 4.49. The Morgan fingerprint density at radius 1 is 1.14 bits per heavy atom. The number of thioether (sulfide) groups is 1. The maximum Gasteiger partial charge on any atom is 0.211 e. The molecule has 2 aromatic heterocycles. The van der Waals surface area contributed by atoms with Gasteiger partial charge in [0.25, 0.3) is 0 Å². The van der Waals surface area contributed by atoms with E-state index in [1.807, 2.05) is 47.0 Å². The Balaban J connectivity index is 1.52. The summed E-state index contributed by atoms with van der Waals surface area (Å²) in [7, 11) is 0. The number of nitriles is 1. The first-order chi connectivity index (χ1) is 14.2. The summed E-state index contributed by atoms with van der Waals surface area (Å²) in [5.41, 5.74) is 3.94. The average molecular weight is 399 g/mol. The summed E-state index contributed by atoms with van der Waals surface area (Å²) < 4.78 is 1.97. The molecule has 0 bridgehead atoms. The Morgan fingerprint density at radius 3 is 2.76 bits per heavy atom. The van der Waals surface area contributed by atoms with Gasteiger partial charge in [0.2, 0.25) is 5.16 Å². The van der Waals surface area contributed by atoms with Crippen molar-refractivity contribution in [2.24, 2.45) is 5.92 Å². The van der Waals surface area contributed by atoms with Crippen molar-refractivity contribution in [2.75, 3.05) is 0 Å². The molecular formula is C22H17N5OS. The molecule has 2 heterocycles. The number of Topliss-reactive ketones (excluding diaryl/α,β-unsaturated/α-hetero) is 1. The molecule has 0 atom stereocenters. The van der Waals surface area contributed by atoms with Gasteiger partial charge in [-0.15, -0.1) is 10.2 Å². The van der Waals surface area contributed by atoms with E-state index in [0.29, 0.717) is 34.2 Å². The van der Waals surface area contributed by atoms with Gasteiger partial charge in [-0.1, -0.05) is 48.2 Å². The second kappa shape index (κ2) is 7.30. The Morgan fingerprint density at radius 2 is 1.93 bits per heavy atom. The van der Waals surface area contributed by atoms with Gasteiger partial charge in [0.05, 0.1) is 23.7 Å². The molecule has 7 heteroatoms. The second-order valence-electron chi connectivity index (χ2n) is 7.17. The van der Waals surface area contributed by atoms with Gasteiger partial charge in [-0.25, -0.2) is 4.98 Å². The zero-order valence-electron chi connectivity index (χ0n) is 15.6. The van der Waals surface area contributed by atoms with Crippen LogP contribution in [-0.4, -0.2) is 25.5 Å². The summed E-state index contributed by atoms with van der Waals surface area (Å²) in [4.78, 5) is 17.2. The van der Waals surface area contributed by atoms with Gasteiger partial charge in [-0.3, -0.25) is 4.79 Å². The Labute approximate surface area is 171 Å². The predicted molar refractivity (Wildman–Crippen MR) is 111 cm³/mol. The number of rotatable bonds is 6. The van der Waals surface area contributed by atoms with E-state index in [2.05, 4.69) is 16.3 Å². The minimum Gasteiger partial charge on any atom is -0.316 e. The molecule has 142 valence electrons. The van der Waals surface area contributed by atoms with Crippen molar-refractivity contribution in [2.45, 2.75) is 30.3 Å². The van der Waals surface area contributed by atoms with Crippen LogP contribution in [0.5, 0.6) is 0 Å². The van der Waals surface area contributed by atoms with Crippen LogP contribution >= 0.6 is 11.8 Å². The fourth-order valence-corrected chi connectivity index (χ4v) is 4.28. The molecule has 4 aromatic rings. The number of nitrogens with zero attached hydrogens (tertiary/aromatic N) is 5. The highest BCUT2D eigenvalue weighted by molar-refractivity contribution is 7.98. The topological polar surface area (TPSA) is 84.5 Å². The average Bonchev–Trinajstić information content (AvgIpc) is 3.57. The normalized spacial score (nSPS) is 13.6. The van der Waals surface area contributed by atoms with E-state index in [9.17, 15) is 10.1 Å². The summed E-state index contributed by atoms with van der Waals surface area (Å²) in [6.07, 6.45) is 1.98. The molecule has 2 aromatic carbocycles. The van der Waals surface area contributed by atoms with E-state index in [1.54, 1.807) is 6.07 Å². The molecule has 1 aliphatic carbocycles. The molecule has 0 saturated heterocycles. The lowest BCUT2D eigenvalue weighted by Gasteiger charge is -2.06. The van der Waals surface area contributed by atoms with Gasteiger partial charge in [-0.2, -0.15) is 5.26 Å². The Hall–Kier alpha value is -3.24. The SMILES string of the molecule is N#Cc1ccccc1CSc1nnc2c3ccccc3n(CC(=O)C3CC3)c2n1. The summed E-state index contributed by atoms with van der Waals surface area (Å²) in [6.45, 7) is 0.314. The van der Waals surface area contributed by atoms with Crippen LogP contribution in [0.15, 0.2) is 53.7 Å². The Bertz CT molecular complexity index is 1290. The summed E-state index contributed by atoms with van der Waals surface area (Å²) in [5, 5.41) is 19.5. The van der Waals surface area contributed by atoms with Crippen LogP contribution in [0.1, 0.15) is 24.0 Å². The van der Waals surface area contributed by atoms with Crippen molar-refractivity contribution >= 4 is 39.6 Å². The first kappa shape index (κ1) is 17.8. The molecule has 29 heavy (non-hydrogen) atoms. The molecular weight excluding hydrogens is 382 g/mol.